The van der Waals surface area contributed by atoms with Crippen molar-refractivity contribution < 1.29 is 14.6 Å². The van der Waals surface area contributed by atoms with E-state index in [1.807, 2.05) is 6.07 Å². The largest absolute Gasteiger partial charge is 0.384 e. The van der Waals surface area contributed by atoms with Gasteiger partial charge in [-0.25, -0.2) is 9.97 Å². The van der Waals surface area contributed by atoms with Crippen molar-refractivity contribution in [1.82, 2.24) is 15.0 Å². The highest BCUT2D eigenvalue weighted by atomic mass is 16.5. The molecule has 2 aliphatic heterocycles. The molecule has 1 fully saturated rings. The molecule has 0 aliphatic carbocycles. The number of pyridine rings is 1. The Morgan fingerprint density at radius 3 is 2.71 bits per heavy atom. The predicted molar refractivity (Wildman–Crippen MR) is 105 cm³/mol. The number of carbonyl (C=O) groups excluding carboxylic acids is 1. The van der Waals surface area contributed by atoms with Gasteiger partial charge in [0.15, 0.2) is 11.6 Å². The van der Waals surface area contributed by atoms with Gasteiger partial charge in [-0.05, 0) is 44.7 Å². The van der Waals surface area contributed by atoms with Crippen LogP contribution in [-0.4, -0.2) is 52.3 Å². The van der Waals surface area contributed by atoms with Crippen molar-refractivity contribution in [2.45, 2.75) is 32.3 Å². The second-order valence-corrected chi connectivity index (χ2v) is 7.83. The lowest BCUT2D eigenvalue weighted by Crippen LogP contribution is -2.44. The third kappa shape index (κ3) is 3.83. The van der Waals surface area contributed by atoms with E-state index in [-0.39, 0.29) is 12.5 Å². The Balaban J connectivity index is 1.63. The Morgan fingerprint density at radius 1 is 1.25 bits per heavy atom. The molecule has 0 bridgehead atoms. The summed E-state index contributed by atoms with van der Waals surface area (Å²) < 4.78 is 5.43. The van der Waals surface area contributed by atoms with Crippen molar-refractivity contribution in [2.24, 2.45) is 5.92 Å². The standard InChI is InChI=1S/C20H25N5O3/c1-20(2,27)16-4-3-14(9-21-16)15-10-22-18-19(24-15)25(17(26)11-23-18)12-13-5-7-28-8-6-13/h3-4,9-10,13,27H,5-8,11-12H2,1-2H3,(H,22,23). The molecule has 148 valence electrons. The molecular formula is C20H25N5O3. The van der Waals surface area contributed by atoms with E-state index in [0.29, 0.717) is 35.5 Å². The fourth-order valence-corrected chi connectivity index (χ4v) is 3.49. The number of aliphatic hydroxyl groups is 1. The normalized spacial score (nSPS) is 18.0. The SMILES string of the molecule is CC(C)(O)c1ccc(-c2cnc3c(n2)N(CC2CCOCC2)C(=O)CN3)cn1. The van der Waals surface area contributed by atoms with Crippen LogP contribution in [0.2, 0.25) is 0 Å². The first-order chi connectivity index (χ1) is 13.4. The fraction of sp³-hybridized carbons (Fsp3) is 0.500. The lowest BCUT2D eigenvalue weighted by Gasteiger charge is -2.32. The second-order valence-electron chi connectivity index (χ2n) is 7.83. The zero-order valence-corrected chi connectivity index (χ0v) is 16.2. The van der Waals surface area contributed by atoms with Gasteiger partial charge < -0.3 is 15.2 Å². The number of fused-ring (bicyclic) bond motifs is 1. The summed E-state index contributed by atoms with van der Waals surface area (Å²) >= 11 is 0. The van der Waals surface area contributed by atoms with Crippen LogP contribution in [0.15, 0.2) is 24.5 Å². The predicted octanol–water partition coefficient (Wildman–Crippen LogP) is 1.95. The molecule has 8 heteroatoms. The summed E-state index contributed by atoms with van der Waals surface area (Å²) in [5.74, 6) is 1.59. The zero-order chi connectivity index (χ0) is 19.7. The Hall–Kier alpha value is -2.58. The molecule has 28 heavy (non-hydrogen) atoms. The molecule has 1 saturated heterocycles. The van der Waals surface area contributed by atoms with Crippen molar-refractivity contribution in [3.8, 4) is 11.3 Å². The Morgan fingerprint density at radius 2 is 2.04 bits per heavy atom. The smallest absolute Gasteiger partial charge is 0.247 e. The summed E-state index contributed by atoms with van der Waals surface area (Å²) in [6, 6.07) is 3.64. The Labute approximate surface area is 164 Å². The van der Waals surface area contributed by atoms with E-state index in [9.17, 15) is 9.90 Å². The van der Waals surface area contributed by atoms with Gasteiger partial charge in [-0.2, -0.15) is 0 Å². The Bertz CT molecular complexity index is 857. The second kappa shape index (κ2) is 7.44. The van der Waals surface area contributed by atoms with Gasteiger partial charge in [0.1, 0.15) is 5.60 Å². The number of ether oxygens (including phenoxy) is 1. The number of nitrogens with zero attached hydrogens (tertiary/aromatic N) is 4. The molecule has 0 unspecified atom stereocenters. The van der Waals surface area contributed by atoms with E-state index >= 15 is 0 Å². The van der Waals surface area contributed by atoms with Gasteiger partial charge in [0.2, 0.25) is 5.91 Å². The van der Waals surface area contributed by atoms with Crippen LogP contribution in [0.5, 0.6) is 0 Å². The summed E-state index contributed by atoms with van der Waals surface area (Å²) in [7, 11) is 0. The van der Waals surface area contributed by atoms with Gasteiger partial charge >= 0.3 is 0 Å². The molecule has 2 aromatic heterocycles. The zero-order valence-electron chi connectivity index (χ0n) is 16.2. The average molecular weight is 383 g/mol. The van der Waals surface area contributed by atoms with E-state index in [0.717, 1.165) is 31.6 Å². The lowest BCUT2D eigenvalue weighted by atomic mass is 9.99. The van der Waals surface area contributed by atoms with Gasteiger partial charge in [0.05, 0.1) is 24.1 Å². The molecule has 4 rings (SSSR count). The molecule has 0 aromatic carbocycles. The molecule has 0 spiro atoms. The van der Waals surface area contributed by atoms with Crippen LogP contribution >= 0.6 is 0 Å². The molecule has 2 aliphatic rings. The molecule has 0 radical (unpaired) electrons. The topological polar surface area (TPSA) is 100 Å². The van der Waals surface area contributed by atoms with Crippen LogP contribution in [-0.2, 0) is 15.1 Å². The number of aromatic nitrogens is 3. The molecule has 1 amide bonds. The lowest BCUT2D eigenvalue weighted by molar-refractivity contribution is -0.117. The van der Waals surface area contributed by atoms with E-state index < -0.39 is 5.60 Å². The molecule has 0 saturated carbocycles. The van der Waals surface area contributed by atoms with Gasteiger partial charge in [0.25, 0.3) is 0 Å². The fourth-order valence-electron chi connectivity index (χ4n) is 3.49. The highest BCUT2D eigenvalue weighted by molar-refractivity contribution is 6.00. The van der Waals surface area contributed by atoms with Gasteiger partial charge in [-0.15, -0.1) is 0 Å². The number of nitrogens with one attached hydrogen (secondary N) is 1. The van der Waals surface area contributed by atoms with Crippen molar-refractivity contribution in [1.29, 1.82) is 0 Å². The minimum absolute atomic E-state index is 0.000875. The van der Waals surface area contributed by atoms with Gasteiger partial charge in [0, 0.05) is 31.5 Å². The molecule has 8 nitrogen and oxygen atoms in total. The molecule has 0 atom stereocenters. The highest BCUT2D eigenvalue weighted by Crippen LogP contribution is 2.30. The van der Waals surface area contributed by atoms with Crippen LogP contribution in [0, 0.1) is 5.92 Å². The van der Waals surface area contributed by atoms with Crippen LogP contribution in [0.4, 0.5) is 11.6 Å². The first-order valence-electron chi connectivity index (χ1n) is 9.60. The number of hydrogen-bond acceptors (Lipinski definition) is 7. The van der Waals surface area contributed by atoms with Crippen LogP contribution in [0.3, 0.4) is 0 Å². The van der Waals surface area contributed by atoms with Gasteiger partial charge in [-0.3, -0.25) is 14.7 Å². The molecule has 4 heterocycles. The van der Waals surface area contributed by atoms with Crippen molar-refractivity contribution in [3.05, 3.63) is 30.2 Å². The summed E-state index contributed by atoms with van der Waals surface area (Å²) in [6.45, 7) is 5.72. The molecular weight excluding hydrogens is 358 g/mol. The minimum atomic E-state index is -1.00. The van der Waals surface area contributed by atoms with Crippen molar-refractivity contribution >= 4 is 17.5 Å². The maximum Gasteiger partial charge on any atom is 0.247 e. The number of rotatable bonds is 4. The average Bonchev–Trinajstić information content (AvgIpc) is 2.70. The Kier molecular flexibility index (Phi) is 4.99. The van der Waals surface area contributed by atoms with E-state index in [1.165, 1.54) is 0 Å². The number of anilines is 2. The summed E-state index contributed by atoms with van der Waals surface area (Å²) in [6.07, 6.45) is 5.24. The molecule has 2 aromatic rings. The van der Waals surface area contributed by atoms with Crippen LogP contribution in [0.25, 0.3) is 11.3 Å². The van der Waals surface area contributed by atoms with Crippen LogP contribution in [0.1, 0.15) is 32.4 Å². The number of carbonyl (C=O) groups is 1. The van der Waals surface area contributed by atoms with Crippen molar-refractivity contribution in [3.63, 3.8) is 0 Å². The number of hydrogen-bond donors (Lipinski definition) is 2. The monoisotopic (exact) mass is 383 g/mol. The minimum Gasteiger partial charge on any atom is -0.384 e. The first-order valence-corrected chi connectivity index (χ1v) is 9.60. The van der Waals surface area contributed by atoms with Gasteiger partial charge in [-0.1, -0.05) is 0 Å². The molecule has 2 N–H and O–H groups in total. The van der Waals surface area contributed by atoms with Crippen molar-refractivity contribution in [2.75, 3.05) is 36.5 Å². The van der Waals surface area contributed by atoms with E-state index in [4.69, 9.17) is 9.72 Å². The summed E-state index contributed by atoms with van der Waals surface area (Å²) in [5.41, 5.74) is 1.01. The van der Waals surface area contributed by atoms with E-state index in [1.54, 1.807) is 37.2 Å². The maximum absolute atomic E-state index is 12.6. The number of amides is 1. The van der Waals surface area contributed by atoms with E-state index in [2.05, 4.69) is 15.3 Å². The first kappa shape index (κ1) is 18.8. The third-order valence-electron chi connectivity index (χ3n) is 5.19. The maximum atomic E-state index is 12.6. The quantitative estimate of drug-likeness (QED) is 0.832. The van der Waals surface area contributed by atoms with Crippen LogP contribution < -0.4 is 10.2 Å². The highest BCUT2D eigenvalue weighted by Gasteiger charge is 2.30. The third-order valence-corrected chi connectivity index (χ3v) is 5.19. The summed E-state index contributed by atoms with van der Waals surface area (Å²) in [4.78, 5) is 27.8. The summed E-state index contributed by atoms with van der Waals surface area (Å²) in [5, 5.41) is 13.1.